The van der Waals surface area contributed by atoms with Gasteiger partial charge in [0.05, 0.1) is 5.25 Å². The van der Waals surface area contributed by atoms with Crippen LogP contribution in [0.1, 0.15) is 18.1 Å². The molecule has 0 fully saturated rings. The molecule has 0 saturated heterocycles. The number of aryl methyl sites for hydroxylation is 1. The zero-order chi connectivity index (χ0) is 17.4. The average molecular weight is 380 g/mol. The summed E-state index contributed by atoms with van der Waals surface area (Å²) in [5.41, 5.74) is 2.62. The number of halogens is 1. The standard InChI is InChI=1S/C19H22ClNOS2/c1-14-4-3-5-16(12-14)13-23-11-10-21-19(22)15(2)24-18-8-6-17(20)7-9-18/h3-9,12,15H,10-11,13H2,1-2H3,(H,21,22)/t15-/m0/s1. The molecular formula is C19H22ClNOS2. The number of nitrogens with one attached hydrogen (secondary N) is 1. The fraction of sp³-hybridized carbons (Fsp3) is 0.316. The van der Waals surface area contributed by atoms with Crippen molar-refractivity contribution in [3.8, 4) is 0 Å². The van der Waals surface area contributed by atoms with Crippen LogP contribution >= 0.6 is 35.1 Å². The van der Waals surface area contributed by atoms with Gasteiger partial charge >= 0.3 is 0 Å². The molecule has 1 atom stereocenters. The first-order chi connectivity index (χ1) is 11.5. The van der Waals surface area contributed by atoms with Gasteiger partial charge in [-0.15, -0.1) is 11.8 Å². The molecule has 0 aliphatic rings. The van der Waals surface area contributed by atoms with Crippen molar-refractivity contribution in [3.63, 3.8) is 0 Å². The van der Waals surface area contributed by atoms with Crippen molar-refractivity contribution in [2.24, 2.45) is 0 Å². The summed E-state index contributed by atoms with van der Waals surface area (Å²) >= 11 is 9.25. The van der Waals surface area contributed by atoms with Crippen LogP contribution in [0, 0.1) is 6.92 Å². The third kappa shape index (κ3) is 6.80. The minimum atomic E-state index is -0.118. The third-order valence-corrected chi connectivity index (χ3v) is 5.79. The maximum Gasteiger partial charge on any atom is 0.233 e. The molecule has 0 heterocycles. The van der Waals surface area contributed by atoms with Crippen LogP contribution in [0.15, 0.2) is 53.4 Å². The van der Waals surface area contributed by atoms with Crippen LogP contribution in [0.3, 0.4) is 0 Å². The summed E-state index contributed by atoms with van der Waals surface area (Å²) in [6, 6.07) is 16.1. The maximum absolute atomic E-state index is 12.1. The van der Waals surface area contributed by atoms with Gasteiger partial charge in [-0.2, -0.15) is 11.8 Å². The van der Waals surface area contributed by atoms with Crippen LogP contribution in [0.5, 0.6) is 0 Å². The number of rotatable bonds is 8. The second-order valence-corrected chi connectivity index (χ2v) is 8.50. The lowest BCUT2D eigenvalue weighted by Gasteiger charge is -2.12. The predicted molar refractivity (Wildman–Crippen MR) is 107 cm³/mol. The molecular weight excluding hydrogens is 358 g/mol. The van der Waals surface area contributed by atoms with Crippen LogP contribution in [-0.4, -0.2) is 23.5 Å². The molecule has 0 bridgehead atoms. The SMILES string of the molecule is Cc1cccc(CSCCNC(=O)[C@H](C)Sc2ccc(Cl)cc2)c1. The van der Waals surface area contributed by atoms with Gasteiger partial charge in [-0.1, -0.05) is 41.4 Å². The van der Waals surface area contributed by atoms with Crippen LogP contribution in [-0.2, 0) is 10.5 Å². The van der Waals surface area contributed by atoms with Crippen molar-refractivity contribution in [1.82, 2.24) is 5.32 Å². The van der Waals surface area contributed by atoms with E-state index in [-0.39, 0.29) is 11.2 Å². The second-order valence-electron chi connectivity index (χ2n) is 5.55. The van der Waals surface area contributed by atoms with Crippen molar-refractivity contribution >= 4 is 41.0 Å². The second kappa shape index (κ2) is 10.0. The lowest BCUT2D eigenvalue weighted by atomic mass is 10.2. The highest BCUT2D eigenvalue weighted by Crippen LogP contribution is 2.24. The Morgan fingerprint density at radius 1 is 1.21 bits per heavy atom. The largest absolute Gasteiger partial charge is 0.354 e. The summed E-state index contributed by atoms with van der Waals surface area (Å²) in [5.74, 6) is 1.97. The minimum Gasteiger partial charge on any atom is -0.354 e. The smallest absolute Gasteiger partial charge is 0.233 e. The summed E-state index contributed by atoms with van der Waals surface area (Å²) in [4.78, 5) is 13.2. The quantitative estimate of drug-likeness (QED) is 0.506. The van der Waals surface area contributed by atoms with E-state index >= 15 is 0 Å². The summed E-state index contributed by atoms with van der Waals surface area (Å²) in [6.45, 7) is 4.73. The Morgan fingerprint density at radius 3 is 2.67 bits per heavy atom. The molecule has 5 heteroatoms. The van der Waals surface area contributed by atoms with E-state index in [0.29, 0.717) is 11.6 Å². The van der Waals surface area contributed by atoms with E-state index in [1.807, 2.05) is 43.0 Å². The number of carbonyl (C=O) groups excluding carboxylic acids is 1. The Labute approximate surface area is 157 Å². The summed E-state index contributed by atoms with van der Waals surface area (Å²) in [7, 11) is 0. The molecule has 0 radical (unpaired) electrons. The molecule has 24 heavy (non-hydrogen) atoms. The first-order valence-electron chi connectivity index (χ1n) is 7.88. The molecule has 2 rings (SSSR count). The average Bonchev–Trinajstić information content (AvgIpc) is 2.56. The maximum atomic E-state index is 12.1. The Hall–Kier alpha value is -1.10. The fourth-order valence-electron chi connectivity index (χ4n) is 2.15. The van der Waals surface area contributed by atoms with E-state index in [1.54, 1.807) is 11.8 Å². The van der Waals surface area contributed by atoms with Gasteiger partial charge in [0.15, 0.2) is 0 Å². The lowest BCUT2D eigenvalue weighted by molar-refractivity contribution is -0.120. The molecule has 2 aromatic rings. The Balaban J connectivity index is 1.64. The van der Waals surface area contributed by atoms with E-state index in [0.717, 1.165) is 16.4 Å². The molecule has 1 amide bonds. The molecule has 0 aliphatic heterocycles. The van der Waals surface area contributed by atoms with Gasteiger partial charge in [0.2, 0.25) is 5.91 Å². The van der Waals surface area contributed by atoms with Gasteiger partial charge in [-0.3, -0.25) is 4.79 Å². The van der Waals surface area contributed by atoms with Gasteiger partial charge in [-0.25, -0.2) is 0 Å². The number of hydrogen-bond acceptors (Lipinski definition) is 3. The van der Waals surface area contributed by atoms with Crippen molar-refractivity contribution in [2.45, 2.75) is 29.7 Å². The minimum absolute atomic E-state index is 0.0751. The van der Waals surface area contributed by atoms with Gasteiger partial charge in [0.1, 0.15) is 0 Å². The molecule has 2 nitrogen and oxygen atoms in total. The fourth-order valence-corrected chi connectivity index (χ4v) is 3.98. The highest BCUT2D eigenvalue weighted by molar-refractivity contribution is 8.00. The first kappa shape index (κ1) is 19.2. The normalized spacial score (nSPS) is 12.0. The van der Waals surface area contributed by atoms with Crippen LogP contribution in [0.2, 0.25) is 5.02 Å². The van der Waals surface area contributed by atoms with E-state index in [2.05, 4.69) is 36.5 Å². The predicted octanol–water partition coefficient (Wildman–Crippen LogP) is 5.18. The Morgan fingerprint density at radius 2 is 1.96 bits per heavy atom. The van der Waals surface area contributed by atoms with Gasteiger partial charge in [0.25, 0.3) is 0 Å². The third-order valence-electron chi connectivity index (χ3n) is 3.39. The topological polar surface area (TPSA) is 29.1 Å². The Bertz CT molecular complexity index is 661. The highest BCUT2D eigenvalue weighted by Gasteiger charge is 2.13. The molecule has 0 saturated carbocycles. The van der Waals surface area contributed by atoms with E-state index < -0.39 is 0 Å². The summed E-state index contributed by atoms with van der Waals surface area (Å²) in [5, 5.41) is 3.60. The Kier molecular flexibility index (Phi) is 8.03. The number of benzene rings is 2. The van der Waals surface area contributed by atoms with Crippen molar-refractivity contribution in [3.05, 3.63) is 64.7 Å². The number of hydrogen-bond donors (Lipinski definition) is 1. The summed E-state index contributed by atoms with van der Waals surface area (Å²) in [6.07, 6.45) is 0. The van der Waals surface area contributed by atoms with Gasteiger partial charge in [0, 0.05) is 28.0 Å². The van der Waals surface area contributed by atoms with Crippen molar-refractivity contribution in [1.29, 1.82) is 0 Å². The zero-order valence-corrected chi connectivity index (χ0v) is 16.3. The summed E-state index contributed by atoms with van der Waals surface area (Å²) < 4.78 is 0. The zero-order valence-electron chi connectivity index (χ0n) is 13.9. The van der Waals surface area contributed by atoms with Crippen LogP contribution in [0.4, 0.5) is 0 Å². The van der Waals surface area contributed by atoms with Gasteiger partial charge < -0.3 is 5.32 Å². The first-order valence-corrected chi connectivity index (χ1v) is 10.3. The molecule has 0 unspecified atom stereocenters. The van der Waals surface area contributed by atoms with Crippen molar-refractivity contribution < 1.29 is 4.79 Å². The highest BCUT2D eigenvalue weighted by atomic mass is 35.5. The number of amides is 1. The van der Waals surface area contributed by atoms with E-state index in [9.17, 15) is 4.79 Å². The molecule has 0 aromatic heterocycles. The molecule has 0 aliphatic carbocycles. The lowest BCUT2D eigenvalue weighted by Crippen LogP contribution is -2.32. The van der Waals surface area contributed by atoms with Crippen LogP contribution in [0.25, 0.3) is 0 Å². The molecule has 0 spiro atoms. The monoisotopic (exact) mass is 379 g/mol. The van der Waals surface area contributed by atoms with E-state index in [4.69, 9.17) is 11.6 Å². The number of carbonyl (C=O) groups is 1. The molecule has 1 N–H and O–H groups in total. The van der Waals surface area contributed by atoms with Gasteiger partial charge in [-0.05, 0) is 43.7 Å². The van der Waals surface area contributed by atoms with Crippen molar-refractivity contribution in [2.75, 3.05) is 12.3 Å². The molecule has 2 aromatic carbocycles. The number of thioether (sulfide) groups is 2. The van der Waals surface area contributed by atoms with E-state index in [1.165, 1.54) is 11.1 Å². The molecule has 128 valence electrons. The van der Waals surface area contributed by atoms with Crippen LogP contribution < -0.4 is 5.32 Å².